The quantitative estimate of drug-likeness (QED) is 0.457. The molecule has 30 heavy (non-hydrogen) atoms. The van der Waals surface area contributed by atoms with Crippen molar-refractivity contribution < 1.29 is 4.74 Å². The summed E-state index contributed by atoms with van der Waals surface area (Å²) in [4.78, 5) is 2.46. The van der Waals surface area contributed by atoms with Crippen LogP contribution in [-0.2, 0) is 6.61 Å². The molecule has 3 aromatic rings. The van der Waals surface area contributed by atoms with Crippen LogP contribution in [0.2, 0.25) is 0 Å². The number of nitrogens with zero attached hydrogens (tertiary/aromatic N) is 1. The lowest BCUT2D eigenvalue weighted by molar-refractivity contribution is 0.222. The fourth-order valence-electron chi connectivity index (χ4n) is 4.16. The molecule has 0 N–H and O–H groups in total. The normalized spacial score (nSPS) is 17.3. The Labute approximate surface area is 180 Å². The van der Waals surface area contributed by atoms with Crippen molar-refractivity contribution in [3.05, 3.63) is 95.6 Å². The van der Waals surface area contributed by atoms with Gasteiger partial charge in [0.2, 0.25) is 0 Å². The van der Waals surface area contributed by atoms with Crippen molar-refractivity contribution >= 4 is 6.08 Å². The van der Waals surface area contributed by atoms with E-state index in [1.807, 2.05) is 6.07 Å². The smallest absolute Gasteiger partial charge is 0.127 e. The molecule has 1 fully saturated rings. The third-order valence-electron chi connectivity index (χ3n) is 5.95. The van der Waals surface area contributed by atoms with E-state index in [1.165, 1.54) is 48.1 Å². The average molecular weight is 398 g/mol. The second-order valence-corrected chi connectivity index (χ2v) is 8.26. The monoisotopic (exact) mass is 397 g/mol. The number of rotatable bonds is 6. The van der Waals surface area contributed by atoms with Crippen molar-refractivity contribution in [1.29, 1.82) is 0 Å². The predicted octanol–water partition coefficient (Wildman–Crippen LogP) is 6.74. The molecule has 154 valence electrons. The fraction of sp³-hybridized carbons (Fsp3) is 0.286. The van der Waals surface area contributed by atoms with E-state index in [9.17, 15) is 0 Å². The molecule has 2 heteroatoms. The Morgan fingerprint density at radius 2 is 1.73 bits per heavy atom. The Kier molecular flexibility index (Phi) is 6.66. The van der Waals surface area contributed by atoms with Gasteiger partial charge >= 0.3 is 0 Å². The summed E-state index contributed by atoms with van der Waals surface area (Å²) < 4.78 is 6.27. The number of piperidine rings is 1. The zero-order valence-electron chi connectivity index (χ0n) is 18.1. The third-order valence-corrected chi connectivity index (χ3v) is 5.95. The molecule has 1 aliphatic heterocycles. The number of likely N-dealkylation sites (N-methyl/N-ethyl adjacent to an activating group) is 1. The largest absolute Gasteiger partial charge is 0.488 e. The summed E-state index contributed by atoms with van der Waals surface area (Å²) in [5.74, 6) is 0.931. The number of hydrogen-bond acceptors (Lipinski definition) is 2. The van der Waals surface area contributed by atoms with E-state index in [-0.39, 0.29) is 0 Å². The van der Waals surface area contributed by atoms with Crippen molar-refractivity contribution in [1.82, 2.24) is 4.90 Å². The van der Waals surface area contributed by atoms with Gasteiger partial charge in [-0.2, -0.15) is 0 Å². The Bertz CT molecular complexity index is 993. The number of benzene rings is 3. The number of ether oxygens (including phenoxy) is 1. The van der Waals surface area contributed by atoms with Gasteiger partial charge in [-0.1, -0.05) is 84.8 Å². The molecule has 1 saturated heterocycles. The minimum absolute atomic E-state index is 0.526. The van der Waals surface area contributed by atoms with Crippen molar-refractivity contribution in [3.8, 4) is 16.9 Å². The summed E-state index contributed by atoms with van der Waals surface area (Å²) in [5.41, 5.74) is 6.04. The number of aryl methyl sites for hydroxylation is 1. The van der Waals surface area contributed by atoms with Gasteiger partial charge in [-0.25, -0.2) is 0 Å². The molecule has 3 aromatic carbocycles. The fourth-order valence-corrected chi connectivity index (χ4v) is 4.16. The molecule has 1 heterocycles. The minimum Gasteiger partial charge on any atom is -0.488 e. The number of likely N-dealkylation sites (tertiary alicyclic amines) is 1. The highest BCUT2D eigenvalue weighted by atomic mass is 16.5. The van der Waals surface area contributed by atoms with Crippen LogP contribution < -0.4 is 4.74 Å². The van der Waals surface area contributed by atoms with Crippen LogP contribution in [0, 0.1) is 6.92 Å². The van der Waals surface area contributed by atoms with Crippen molar-refractivity contribution in [2.45, 2.75) is 38.8 Å². The predicted molar refractivity (Wildman–Crippen MR) is 127 cm³/mol. The summed E-state index contributed by atoms with van der Waals surface area (Å²) >= 11 is 0. The maximum absolute atomic E-state index is 6.27. The highest BCUT2D eigenvalue weighted by Crippen LogP contribution is 2.34. The van der Waals surface area contributed by atoms with Gasteiger partial charge in [-0.15, -0.1) is 0 Å². The zero-order valence-corrected chi connectivity index (χ0v) is 18.1. The topological polar surface area (TPSA) is 12.5 Å². The Morgan fingerprint density at radius 3 is 2.57 bits per heavy atom. The molecule has 1 aliphatic rings. The van der Waals surface area contributed by atoms with E-state index in [2.05, 4.69) is 97.8 Å². The molecule has 4 rings (SSSR count). The third kappa shape index (κ3) is 5.01. The Hall–Kier alpha value is -2.84. The molecule has 0 spiro atoms. The van der Waals surface area contributed by atoms with E-state index >= 15 is 0 Å². The van der Waals surface area contributed by atoms with E-state index in [0.717, 1.165) is 11.3 Å². The Balaban J connectivity index is 1.63. The second-order valence-electron chi connectivity index (χ2n) is 8.26. The highest BCUT2D eigenvalue weighted by molar-refractivity contribution is 5.79. The molecular weight excluding hydrogens is 366 g/mol. The standard InChI is InChI=1S/C28H31NO/c1-22-15-18-28(30-21-23-10-4-3-5-11-23)27(20-22)26-14-7-6-12-24(26)16-17-25-13-8-9-19-29(25)2/h3-7,10-12,14-18,20,25H,8-9,13,19,21H2,1-2H3/b17-16+. The van der Waals surface area contributed by atoms with Gasteiger partial charge in [0.25, 0.3) is 0 Å². The van der Waals surface area contributed by atoms with Gasteiger partial charge < -0.3 is 4.74 Å². The van der Waals surface area contributed by atoms with Gasteiger partial charge in [0, 0.05) is 11.6 Å². The molecule has 0 aromatic heterocycles. The van der Waals surface area contributed by atoms with Crippen LogP contribution in [0.15, 0.2) is 78.9 Å². The maximum Gasteiger partial charge on any atom is 0.127 e. The lowest BCUT2D eigenvalue weighted by Crippen LogP contribution is -2.34. The van der Waals surface area contributed by atoms with Gasteiger partial charge in [0.15, 0.2) is 0 Å². The molecule has 1 unspecified atom stereocenters. The first-order chi connectivity index (χ1) is 14.7. The summed E-state index contributed by atoms with van der Waals surface area (Å²) in [6, 6.07) is 26.0. The molecule has 0 bridgehead atoms. The summed E-state index contributed by atoms with van der Waals surface area (Å²) in [5, 5.41) is 0. The minimum atomic E-state index is 0.526. The SMILES string of the molecule is Cc1ccc(OCc2ccccc2)c(-c2ccccc2/C=C/C2CCCCN2C)c1. The first kappa shape index (κ1) is 20.4. The first-order valence-electron chi connectivity index (χ1n) is 11.0. The maximum atomic E-state index is 6.27. The van der Waals surface area contributed by atoms with E-state index < -0.39 is 0 Å². The Morgan fingerprint density at radius 1 is 0.933 bits per heavy atom. The van der Waals surface area contributed by atoms with Crippen LogP contribution in [0.1, 0.15) is 36.0 Å². The summed E-state index contributed by atoms with van der Waals surface area (Å²) in [6.45, 7) is 3.90. The van der Waals surface area contributed by atoms with Crippen LogP contribution >= 0.6 is 0 Å². The number of hydrogen-bond donors (Lipinski definition) is 0. The second kappa shape index (κ2) is 9.77. The molecule has 1 atom stereocenters. The molecular formula is C28H31NO. The average Bonchev–Trinajstić information content (AvgIpc) is 2.78. The first-order valence-corrected chi connectivity index (χ1v) is 11.0. The lowest BCUT2D eigenvalue weighted by atomic mass is 9.95. The molecule has 0 aliphatic carbocycles. The van der Waals surface area contributed by atoms with E-state index in [4.69, 9.17) is 4.74 Å². The molecule has 0 radical (unpaired) electrons. The van der Waals surface area contributed by atoms with Crippen LogP contribution in [0.25, 0.3) is 17.2 Å². The van der Waals surface area contributed by atoms with Crippen molar-refractivity contribution in [3.63, 3.8) is 0 Å². The summed E-state index contributed by atoms with van der Waals surface area (Å²) in [7, 11) is 2.23. The van der Waals surface area contributed by atoms with Crippen molar-refractivity contribution in [2.75, 3.05) is 13.6 Å². The van der Waals surface area contributed by atoms with Gasteiger partial charge in [-0.05, 0) is 62.2 Å². The molecule has 0 amide bonds. The van der Waals surface area contributed by atoms with Crippen LogP contribution in [0.3, 0.4) is 0 Å². The zero-order chi connectivity index (χ0) is 20.8. The highest BCUT2D eigenvalue weighted by Gasteiger charge is 2.16. The van der Waals surface area contributed by atoms with Crippen LogP contribution in [0.5, 0.6) is 5.75 Å². The van der Waals surface area contributed by atoms with E-state index in [0.29, 0.717) is 12.6 Å². The van der Waals surface area contributed by atoms with Crippen LogP contribution in [0.4, 0.5) is 0 Å². The van der Waals surface area contributed by atoms with Crippen molar-refractivity contribution in [2.24, 2.45) is 0 Å². The van der Waals surface area contributed by atoms with Crippen LogP contribution in [-0.4, -0.2) is 24.5 Å². The van der Waals surface area contributed by atoms with E-state index in [1.54, 1.807) is 0 Å². The molecule has 0 saturated carbocycles. The lowest BCUT2D eigenvalue weighted by Gasteiger charge is -2.30. The molecule has 2 nitrogen and oxygen atoms in total. The summed E-state index contributed by atoms with van der Waals surface area (Å²) in [6.07, 6.45) is 8.54. The van der Waals surface area contributed by atoms with Gasteiger partial charge in [0.05, 0.1) is 0 Å². The van der Waals surface area contributed by atoms with Gasteiger partial charge in [-0.3, -0.25) is 4.90 Å². The van der Waals surface area contributed by atoms with Gasteiger partial charge in [0.1, 0.15) is 12.4 Å².